The van der Waals surface area contributed by atoms with Gasteiger partial charge < -0.3 is 5.11 Å². The summed E-state index contributed by atoms with van der Waals surface area (Å²) in [5.74, 6) is -2.00. The van der Waals surface area contributed by atoms with E-state index < -0.39 is 17.7 Å². The van der Waals surface area contributed by atoms with Gasteiger partial charge in [0.2, 0.25) is 0 Å². The van der Waals surface area contributed by atoms with Crippen molar-refractivity contribution in [1.29, 1.82) is 0 Å². The van der Waals surface area contributed by atoms with Crippen molar-refractivity contribution in [1.82, 2.24) is 4.98 Å². The molecule has 1 aromatic carbocycles. The Balaban J connectivity index is 2.40. The Hall–Kier alpha value is -1.81. The van der Waals surface area contributed by atoms with E-state index in [0.717, 1.165) is 11.8 Å². The molecule has 1 heterocycles. The van der Waals surface area contributed by atoms with Crippen molar-refractivity contribution in [2.45, 2.75) is 13.0 Å². The summed E-state index contributed by atoms with van der Waals surface area (Å²) in [7, 11) is 0. The number of aliphatic hydroxyl groups excluding tert-OH is 1. The summed E-state index contributed by atoms with van der Waals surface area (Å²) in [5, 5.41) is 9.94. The van der Waals surface area contributed by atoms with Crippen LogP contribution in [0.25, 0.3) is 0 Å². The molecule has 88 valence electrons. The summed E-state index contributed by atoms with van der Waals surface area (Å²) < 4.78 is 26.5. The molecule has 0 saturated carbocycles. The van der Waals surface area contributed by atoms with Crippen LogP contribution in [0.15, 0.2) is 36.5 Å². The van der Waals surface area contributed by atoms with Gasteiger partial charge in [0.15, 0.2) is 11.6 Å². The molecule has 4 heteroatoms. The molecule has 1 N–H and O–H groups in total. The van der Waals surface area contributed by atoms with Gasteiger partial charge in [0.1, 0.15) is 6.10 Å². The highest BCUT2D eigenvalue weighted by Crippen LogP contribution is 2.24. The van der Waals surface area contributed by atoms with Crippen molar-refractivity contribution in [2.24, 2.45) is 0 Å². The van der Waals surface area contributed by atoms with E-state index in [1.54, 1.807) is 19.1 Å². The predicted octanol–water partition coefficient (Wildman–Crippen LogP) is 2.75. The van der Waals surface area contributed by atoms with Crippen LogP contribution in [0.2, 0.25) is 0 Å². The molecule has 1 unspecified atom stereocenters. The fourth-order valence-corrected chi connectivity index (χ4v) is 1.55. The number of benzene rings is 1. The number of hydrogen-bond donors (Lipinski definition) is 1. The first-order valence-corrected chi connectivity index (χ1v) is 5.14. The number of aromatic nitrogens is 1. The molecule has 17 heavy (non-hydrogen) atoms. The van der Waals surface area contributed by atoms with Crippen LogP contribution >= 0.6 is 0 Å². The Morgan fingerprint density at radius 3 is 2.59 bits per heavy atom. The smallest absolute Gasteiger partial charge is 0.164 e. The first kappa shape index (κ1) is 11.7. The molecule has 0 radical (unpaired) electrons. The Morgan fingerprint density at radius 1 is 1.18 bits per heavy atom. The maximum Gasteiger partial charge on any atom is 0.164 e. The lowest BCUT2D eigenvalue weighted by molar-refractivity contribution is 0.213. The number of aliphatic hydroxyl groups is 1. The third kappa shape index (κ3) is 2.31. The Morgan fingerprint density at radius 2 is 1.94 bits per heavy atom. The number of halogens is 2. The highest BCUT2D eigenvalue weighted by Gasteiger charge is 2.17. The number of rotatable bonds is 2. The van der Waals surface area contributed by atoms with Crippen LogP contribution in [0.1, 0.15) is 22.9 Å². The lowest BCUT2D eigenvalue weighted by Crippen LogP contribution is -2.04. The van der Waals surface area contributed by atoms with Gasteiger partial charge in [-0.15, -0.1) is 0 Å². The SMILES string of the molecule is Cc1ccc(C(O)c2cccc(F)c2F)cn1. The third-order valence-corrected chi connectivity index (χ3v) is 2.53. The van der Waals surface area contributed by atoms with Crippen molar-refractivity contribution in [3.05, 3.63) is 65.0 Å². The highest BCUT2D eigenvalue weighted by atomic mass is 19.2. The highest BCUT2D eigenvalue weighted by molar-refractivity contribution is 5.30. The number of nitrogens with zero attached hydrogens (tertiary/aromatic N) is 1. The third-order valence-electron chi connectivity index (χ3n) is 2.53. The zero-order valence-corrected chi connectivity index (χ0v) is 9.19. The summed E-state index contributed by atoms with van der Waals surface area (Å²) in [6.07, 6.45) is 0.239. The second kappa shape index (κ2) is 4.59. The quantitative estimate of drug-likeness (QED) is 0.868. The maximum atomic E-state index is 13.5. The molecule has 2 aromatic rings. The van der Waals surface area contributed by atoms with Crippen molar-refractivity contribution in [3.8, 4) is 0 Å². The van der Waals surface area contributed by atoms with Crippen molar-refractivity contribution < 1.29 is 13.9 Å². The fraction of sp³-hybridized carbons (Fsp3) is 0.154. The van der Waals surface area contributed by atoms with Crippen LogP contribution in [-0.2, 0) is 0 Å². The lowest BCUT2D eigenvalue weighted by Gasteiger charge is -2.12. The van der Waals surface area contributed by atoms with Gasteiger partial charge in [0, 0.05) is 23.0 Å². The van der Waals surface area contributed by atoms with E-state index in [2.05, 4.69) is 4.98 Å². The summed E-state index contributed by atoms with van der Waals surface area (Å²) in [4.78, 5) is 4.00. The van der Waals surface area contributed by atoms with Gasteiger partial charge in [0.25, 0.3) is 0 Å². The standard InChI is InChI=1S/C13H11F2NO/c1-8-5-6-9(7-16-8)13(17)10-3-2-4-11(14)12(10)15/h2-7,13,17H,1H3. The number of hydrogen-bond acceptors (Lipinski definition) is 2. The van der Waals surface area contributed by atoms with E-state index in [1.165, 1.54) is 18.3 Å². The Labute approximate surface area is 97.6 Å². The minimum absolute atomic E-state index is 0.0874. The second-order valence-corrected chi connectivity index (χ2v) is 3.78. The molecule has 2 rings (SSSR count). The Kier molecular flexibility index (Phi) is 3.15. The molecule has 2 nitrogen and oxygen atoms in total. The summed E-state index contributed by atoms with van der Waals surface area (Å²) >= 11 is 0. The van der Waals surface area contributed by atoms with Gasteiger partial charge in [-0.3, -0.25) is 4.98 Å². The van der Waals surface area contributed by atoms with Gasteiger partial charge in [-0.1, -0.05) is 18.2 Å². The average molecular weight is 235 g/mol. The zero-order valence-electron chi connectivity index (χ0n) is 9.19. The van der Waals surface area contributed by atoms with E-state index in [1.807, 2.05) is 0 Å². The van der Waals surface area contributed by atoms with E-state index in [-0.39, 0.29) is 5.56 Å². The normalized spacial score (nSPS) is 12.5. The lowest BCUT2D eigenvalue weighted by atomic mass is 10.0. The molecule has 0 aliphatic heterocycles. The molecule has 0 bridgehead atoms. The van der Waals surface area contributed by atoms with E-state index >= 15 is 0 Å². The monoisotopic (exact) mass is 235 g/mol. The van der Waals surface area contributed by atoms with Crippen LogP contribution in [-0.4, -0.2) is 10.1 Å². The van der Waals surface area contributed by atoms with Gasteiger partial charge in [-0.2, -0.15) is 0 Å². The minimum Gasteiger partial charge on any atom is -0.383 e. The first-order valence-electron chi connectivity index (χ1n) is 5.14. The second-order valence-electron chi connectivity index (χ2n) is 3.78. The van der Waals surface area contributed by atoms with Crippen LogP contribution in [0, 0.1) is 18.6 Å². The molecule has 1 aromatic heterocycles. The summed E-state index contributed by atoms with van der Waals surface area (Å²) in [6, 6.07) is 7.06. The van der Waals surface area contributed by atoms with Gasteiger partial charge in [0.05, 0.1) is 0 Å². The van der Waals surface area contributed by atoms with E-state index in [0.29, 0.717) is 5.56 Å². The minimum atomic E-state index is -1.21. The van der Waals surface area contributed by atoms with Crippen molar-refractivity contribution in [3.63, 3.8) is 0 Å². The van der Waals surface area contributed by atoms with E-state index in [9.17, 15) is 13.9 Å². The van der Waals surface area contributed by atoms with Crippen LogP contribution in [0.5, 0.6) is 0 Å². The van der Waals surface area contributed by atoms with Gasteiger partial charge >= 0.3 is 0 Å². The van der Waals surface area contributed by atoms with Crippen LogP contribution in [0.4, 0.5) is 8.78 Å². The first-order chi connectivity index (χ1) is 8.09. The Bertz CT molecular complexity index is 525. The molecular formula is C13H11F2NO. The average Bonchev–Trinajstić information content (AvgIpc) is 2.33. The molecule has 0 spiro atoms. The zero-order chi connectivity index (χ0) is 12.4. The molecular weight excluding hydrogens is 224 g/mol. The molecule has 0 fully saturated rings. The van der Waals surface area contributed by atoms with E-state index in [4.69, 9.17) is 0 Å². The van der Waals surface area contributed by atoms with Gasteiger partial charge in [-0.25, -0.2) is 8.78 Å². The molecule has 0 aliphatic carbocycles. The predicted molar refractivity (Wildman–Crippen MR) is 59.4 cm³/mol. The maximum absolute atomic E-state index is 13.5. The van der Waals surface area contributed by atoms with Crippen LogP contribution in [0.3, 0.4) is 0 Å². The van der Waals surface area contributed by atoms with Crippen molar-refractivity contribution in [2.75, 3.05) is 0 Å². The molecule has 1 atom stereocenters. The van der Waals surface area contributed by atoms with Gasteiger partial charge in [-0.05, 0) is 19.1 Å². The molecule has 0 amide bonds. The number of aryl methyl sites for hydroxylation is 1. The van der Waals surface area contributed by atoms with Crippen LogP contribution < -0.4 is 0 Å². The number of pyridine rings is 1. The fourth-order valence-electron chi connectivity index (χ4n) is 1.55. The largest absolute Gasteiger partial charge is 0.383 e. The molecule has 0 saturated heterocycles. The summed E-state index contributed by atoms with van der Waals surface area (Å²) in [5.41, 5.74) is 1.14. The molecule has 0 aliphatic rings. The summed E-state index contributed by atoms with van der Waals surface area (Å²) in [6.45, 7) is 1.80. The topological polar surface area (TPSA) is 33.1 Å². The van der Waals surface area contributed by atoms with Crippen molar-refractivity contribution >= 4 is 0 Å².